The monoisotopic (exact) mass is 340 g/mol. The predicted molar refractivity (Wildman–Crippen MR) is 82.8 cm³/mol. The number of hydrogen-bond acceptors (Lipinski definition) is 2. The largest absolute Gasteiger partial charge is 0.495 e. The zero-order valence-electron chi connectivity index (χ0n) is 10.7. The minimum Gasteiger partial charge on any atom is -0.495 e. The van der Waals surface area contributed by atoms with Crippen LogP contribution in [0.15, 0.2) is 30.3 Å². The number of ketones is 1. The van der Waals surface area contributed by atoms with Crippen molar-refractivity contribution in [3.05, 3.63) is 40.9 Å². The number of carbonyl (C=O) groups is 1. The average Bonchev–Trinajstić information content (AvgIpc) is 2.45. The molecule has 0 amide bonds. The SMILES string of the molecule is CCC(Br)C(=O)c1ccc2c(Cl)c(OC)ccc2c1. The average molecular weight is 342 g/mol. The van der Waals surface area contributed by atoms with E-state index >= 15 is 0 Å². The normalized spacial score (nSPS) is 12.4. The second kappa shape index (κ2) is 5.93. The number of hydrogen-bond donors (Lipinski definition) is 0. The fraction of sp³-hybridized carbons (Fsp3) is 0.267. The molecule has 4 heteroatoms. The van der Waals surface area contributed by atoms with Gasteiger partial charge in [-0.3, -0.25) is 4.79 Å². The maximum Gasteiger partial charge on any atom is 0.176 e. The highest BCUT2D eigenvalue weighted by atomic mass is 79.9. The van der Waals surface area contributed by atoms with Crippen molar-refractivity contribution in [1.29, 1.82) is 0 Å². The Morgan fingerprint density at radius 2 is 2.11 bits per heavy atom. The molecule has 2 aromatic rings. The van der Waals surface area contributed by atoms with Crippen molar-refractivity contribution in [2.45, 2.75) is 18.2 Å². The van der Waals surface area contributed by atoms with Crippen LogP contribution in [-0.4, -0.2) is 17.7 Å². The Labute approximate surface area is 125 Å². The summed E-state index contributed by atoms with van der Waals surface area (Å²) in [6.45, 7) is 1.97. The number of fused-ring (bicyclic) bond motifs is 1. The summed E-state index contributed by atoms with van der Waals surface area (Å²) in [5.41, 5.74) is 0.692. The number of Topliss-reactive ketones (excluding diaryl/α,β-unsaturated/α-hetero) is 1. The topological polar surface area (TPSA) is 26.3 Å². The number of rotatable bonds is 4. The number of alkyl halides is 1. The summed E-state index contributed by atoms with van der Waals surface area (Å²) in [6.07, 6.45) is 0.764. The Balaban J connectivity index is 2.51. The van der Waals surface area contributed by atoms with Gasteiger partial charge in [-0.05, 0) is 23.9 Å². The van der Waals surface area contributed by atoms with E-state index in [0.29, 0.717) is 16.3 Å². The summed E-state index contributed by atoms with van der Waals surface area (Å²) in [7, 11) is 1.58. The fourth-order valence-electron chi connectivity index (χ4n) is 1.95. The molecular formula is C15H14BrClO2. The third-order valence-electron chi connectivity index (χ3n) is 3.07. The molecule has 0 saturated carbocycles. The van der Waals surface area contributed by atoms with E-state index in [2.05, 4.69) is 15.9 Å². The smallest absolute Gasteiger partial charge is 0.176 e. The lowest BCUT2D eigenvalue weighted by molar-refractivity contribution is 0.0990. The lowest BCUT2D eigenvalue weighted by Crippen LogP contribution is -2.12. The number of benzene rings is 2. The van der Waals surface area contributed by atoms with Crippen LogP contribution in [0.1, 0.15) is 23.7 Å². The summed E-state index contributed by atoms with van der Waals surface area (Å²) in [6, 6.07) is 9.26. The summed E-state index contributed by atoms with van der Waals surface area (Å²) >= 11 is 9.63. The van der Waals surface area contributed by atoms with Gasteiger partial charge in [0.05, 0.1) is 17.0 Å². The Morgan fingerprint density at radius 1 is 1.37 bits per heavy atom. The Bertz CT molecular complexity index is 625. The van der Waals surface area contributed by atoms with E-state index in [1.807, 2.05) is 31.2 Å². The van der Waals surface area contributed by atoms with Crippen LogP contribution in [0.4, 0.5) is 0 Å². The molecule has 19 heavy (non-hydrogen) atoms. The third-order valence-corrected chi connectivity index (χ3v) is 4.52. The van der Waals surface area contributed by atoms with Gasteiger partial charge in [0.25, 0.3) is 0 Å². The van der Waals surface area contributed by atoms with Crippen LogP contribution >= 0.6 is 27.5 Å². The second-order valence-electron chi connectivity index (χ2n) is 4.26. The van der Waals surface area contributed by atoms with Crippen LogP contribution < -0.4 is 4.74 Å². The van der Waals surface area contributed by atoms with Gasteiger partial charge in [0, 0.05) is 10.9 Å². The van der Waals surface area contributed by atoms with Gasteiger partial charge in [0.2, 0.25) is 0 Å². The first-order valence-electron chi connectivity index (χ1n) is 6.03. The molecule has 0 spiro atoms. The molecule has 100 valence electrons. The highest BCUT2D eigenvalue weighted by Gasteiger charge is 2.16. The van der Waals surface area contributed by atoms with Gasteiger partial charge in [-0.2, -0.15) is 0 Å². The van der Waals surface area contributed by atoms with Crippen molar-refractivity contribution >= 4 is 44.1 Å². The molecule has 0 aromatic heterocycles. The molecule has 1 unspecified atom stereocenters. The van der Waals surface area contributed by atoms with Gasteiger partial charge in [-0.1, -0.05) is 52.7 Å². The summed E-state index contributed by atoms with van der Waals surface area (Å²) in [5, 5.41) is 2.40. The molecule has 2 rings (SSSR count). The molecule has 0 N–H and O–H groups in total. The molecular weight excluding hydrogens is 328 g/mol. The molecule has 2 nitrogen and oxygen atoms in total. The van der Waals surface area contributed by atoms with E-state index in [1.54, 1.807) is 13.2 Å². The number of methoxy groups -OCH3 is 1. The molecule has 1 atom stereocenters. The van der Waals surface area contributed by atoms with Crippen LogP contribution in [0.2, 0.25) is 5.02 Å². The van der Waals surface area contributed by atoms with E-state index in [4.69, 9.17) is 16.3 Å². The molecule has 0 aliphatic heterocycles. The lowest BCUT2D eigenvalue weighted by Gasteiger charge is -2.09. The van der Waals surface area contributed by atoms with E-state index in [0.717, 1.165) is 17.2 Å². The van der Waals surface area contributed by atoms with E-state index in [9.17, 15) is 4.79 Å². The molecule has 0 radical (unpaired) electrons. The first-order chi connectivity index (χ1) is 9.08. The van der Waals surface area contributed by atoms with Crippen LogP contribution in [0, 0.1) is 0 Å². The van der Waals surface area contributed by atoms with Crippen molar-refractivity contribution in [3.63, 3.8) is 0 Å². The molecule has 0 saturated heterocycles. The van der Waals surface area contributed by atoms with Gasteiger partial charge in [0.15, 0.2) is 5.78 Å². The van der Waals surface area contributed by atoms with Crippen molar-refractivity contribution in [1.82, 2.24) is 0 Å². The van der Waals surface area contributed by atoms with Crippen molar-refractivity contribution < 1.29 is 9.53 Å². The number of halogens is 2. The van der Waals surface area contributed by atoms with Crippen LogP contribution in [-0.2, 0) is 0 Å². The van der Waals surface area contributed by atoms with Gasteiger partial charge in [0.1, 0.15) is 5.75 Å². The van der Waals surface area contributed by atoms with Crippen LogP contribution in [0.5, 0.6) is 5.75 Å². The lowest BCUT2D eigenvalue weighted by atomic mass is 10.0. The number of carbonyl (C=O) groups excluding carboxylic acids is 1. The minimum atomic E-state index is -0.140. The first-order valence-corrected chi connectivity index (χ1v) is 7.32. The second-order valence-corrected chi connectivity index (χ2v) is 5.74. The van der Waals surface area contributed by atoms with Gasteiger partial charge in [-0.25, -0.2) is 0 Å². The van der Waals surface area contributed by atoms with Crippen LogP contribution in [0.3, 0.4) is 0 Å². The molecule has 0 aliphatic rings. The van der Waals surface area contributed by atoms with Gasteiger partial charge < -0.3 is 4.74 Å². The molecule has 2 aromatic carbocycles. The predicted octanol–water partition coefficient (Wildman–Crippen LogP) is 4.86. The highest BCUT2D eigenvalue weighted by Crippen LogP contribution is 2.33. The van der Waals surface area contributed by atoms with Crippen molar-refractivity contribution in [2.75, 3.05) is 7.11 Å². The maximum absolute atomic E-state index is 12.1. The summed E-state index contributed by atoms with van der Waals surface area (Å²) < 4.78 is 5.18. The molecule has 0 fully saturated rings. The number of ether oxygens (including phenoxy) is 1. The summed E-state index contributed by atoms with van der Waals surface area (Å²) in [5.74, 6) is 0.733. The zero-order chi connectivity index (χ0) is 14.0. The Kier molecular flexibility index (Phi) is 4.48. The van der Waals surface area contributed by atoms with Crippen LogP contribution in [0.25, 0.3) is 10.8 Å². The minimum absolute atomic E-state index is 0.0938. The van der Waals surface area contributed by atoms with Gasteiger partial charge in [-0.15, -0.1) is 0 Å². The van der Waals surface area contributed by atoms with E-state index in [-0.39, 0.29) is 10.6 Å². The zero-order valence-corrected chi connectivity index (χ0v) is 13.1. The van der Waals surface area contributed by atoms with E-state index in [1.165, 1.54) is 0 Å². The fourth-order valence-corrected chi connectivity index (χ4v) is 2.53. The van der Waals surface area contributed by atoms with Crippen molar-refractivity contribution in [2.24, 2.45) is 0 Å². The molecule has 0 aliphatic carbocycles. The maximum atomic E-state index is 12.1. The quantitative estimate of drug-likeness (QED) is 0.586. The molecule has 0 bridgehead atoms. The third kappa shape index (κ3) is 2.77. The first kappa shape index (κ1) is 14.4. The summed E-state index contributed by atoms with van der Waals surface area (Å²) in [4.78, 5) is 12.0. The Morgan fingerprint density at radius 3 is 2.74 bits per heavy atom. The standard InChI is InChI=1S/C15H14BrClO2/c1-3-12(16)15(18)10-4-6-11-9(8-10)5-7-13(19-2)14(11)17/h4-8,12H,3H2,1-2H3. The molecule has 0 heterocycles. The van der Waals surface area contributed by atoms with E-state index < -0.39 is 0 Å². The van der Waals surface area contributed by atoms with Crippen molar-refractivity contribution in [3.8, 4) is 5.75 Å². The Hall–Kier alpha value is -1.06. The van der Waals surface area contributed by atoms with Gasteiger partial charge >= 0.3 is 0 Å². The highest BCUT2D eigenvalue weighted by molar-refractivity contribution is 9.10.